The molecule has 4 nitrogen and oxygen atoms in total. The zero-order chi connectivity index (χ0) is 14.4. The topological polar surface area (TPSA) is 41.6 Å². The Labute approximate surface area is 118 Å². The maximum atomic E-state index is 12.8. The molecule has 1 heterocycles. The number of morpholine rings is 1. The maximum absolute atomic E-state index is 12.8. The third kappa shape index (κ3) is 4.58. The minimum atomic E-state index is -0.225. The van der Waals surface area contributed by atoms with E-state index in [2.05, 4.69) is 5.32 Å². The summed E-state index contributed by atoms with van der Waals surface area (Å²) >= 11 is 0. The Hall–Kier alpha value is -1.46. The predicted molar refractivity (Wildman–Crippen MR) is 75.0 cm³/mol. The van der Waals surface area contributed by atoms with E-state index in [4.69, 9.17) is 4.74 Å². The average Bonchev–Trinajstić information content (AvgIpc) is 2.48. The van der Waals surface area contributed by atoms with Crippen molar-refractivity contribution in [2.75, 3.05) is 32.8 Å². The molecule has 1 atom stereocenters. The number of benzene rings is 1. The molecule has 5 heteroatoms. The van der Waals surface area contributed by atoms with E-state index in [1.165, 1.54) is 12.1 Å². The molecule has 110 valence electrons. The molecule has 0 aliphatic carbocycles. The van der Waals surface area contributed by atoms with E-state index in [0.717, 1.165) is 12.0 Å². The molecule has 1 aliphatic rings. The number of amides is 1. The van der Waals surface area contributed by atoms with Gasteiger partial charge in [0, 0.05) is 19.1 Å². The van der Waals surface area contributed by atoms with Crippen LogP contribution < -0.4 is 5.32 Å². The standard InChI is InChI=1S/C15H21FN2O2/c1-12(10-13-2-4-14(16)5-3-13)17-11-15(19)18-6-8-20-9-7-18/h2-5,12,17H,6-11H2,1H3. The minimum Gasteiger partial charge on any atom is -0.378 e. The van der Waals surface area contributed by atoms with Crippen molar-refractivity contribution in [3.63, 3.8) is 0 Å². The molecule has 1 saturated heterocycles. The van der Waals surface area contributed by atoms with Crippen molar-refractivity contribution in [3.05, 3.63) is 35.6 Å². The van der Waals surface area contributed by atoms with Gasteiger partial charge in [-0.15, -0.1) is 0 Å². The average molecular weight is 280 g/mol. The van der Waals surface area contributed by atoms with E-state index < -0.39 is 0 Å². The van der Waals surface area contributed by atoms with E-state index >= 15 is 0 Å². The molecule has 1 amide bonds. The number of nitrogens with zero attached hydrogens (tertiary/aromatic N) is 1. The number of ether oxygens (including phenoxy) is 1. The lowest BCUT2D eigenvalue weighted by atomic mass is 10.1. The molecule has 2 rings (SSSR count). The van der Waals surface area contributed by atoms with Gasteiger partial charge in [0.15, 0.2) is 0 Å². The summed E-state index contributed by atoms with van der Waals surface area (Å²) in [5, 5.41) is 3.22. The van der Waals surface area contributed by atoms with E-state index in [1.54, 1.807) is 12.1 Å². The second-order valence-electron chi connectivity index (χ2n) is 5.11. The monoisotopic (exact) mass is 280 g/mol. The van der Waals surface area contributed by atoms with Crippen molar-refractivity contribution in [2.24, 2.45) is 0 Å². The Morgan fingerprint density at radius 3 is 2.65 bits per heavy atom. The Bertz CT molecular complexity index is 430. The van der Waals surface area contributed by atoms with Crippen LogP contribution in [0.5, 0.6) is 0 Å². The molecule has 0 radical (unpaired) electrons. The number of carbonyl (C=O) groups excluding carboxylic acids is 1. The lowest BCUT2D eigenvalue weighted by Gasteiger charge is -2.27. The van der Waals surface area contributed by atoms with E-state index in [1.807, 2.05) is 11.8 Å². The van der Waals surface area contributed by atoms with Crippen LogP contribution in [0.2, 0.25) is 0 Å². The van der Waals surface area contributed by atoms with Crippen LogP contribution in [0.15, 0.2) is 24.3 Å². The van der Waals surface area contributed by atoms with Crippen molar-refractivity contribution >= 4 is 5.91 Å². The van der Waals surface area contributed by atoms with Gasteiger partial charge < -0.3 is 15.0 Å². The predicted octanol–water partition coefficient (Wildman–Crippen LogP) is 1.21. The normalized spacial score (nSPS) is 17.0. The summed E-state index contributed by atoms with van der Waals surface area (Å²) < 4.78 is 18.0. The number of hydrogen-bond acceptors (Lipinski definition) is 3. The first-order chi connectivity index (χ1) is 9.65. The summed E-state index contributed by atoms with van der Waals surface area (Å²) in [5.41, 5.74) is 1.06. The molecule has 1 fully saturated rings. The third-order valence-corrected chi connectivity index (χ3v) is 3.42. The summed E-state index contributed by atoms with van der Waals surface area (Å²) in [6, 6.07) is 6.64. The van der Waals surface area contributed by atoms with Gasteiger partial charge >= 0.3 is 0 Å². The van der Waals surface area contributed by atoms with E-state index in [-0.39, 0.29) is 17.8 Å². The summed E-state index contributed by atoms with van der Waals surface area (Å²) in [7, 11) is 0. The van der Waals surface area contributed by atoms with Crippen LogP contribution in [-0.2, 0) is 16.0 Å². The Morgan fingerprint density at radius 1 is 1.35 bits per heavy atom. The highest BCUT2D eigenvalue weighted by atomic mass is 19.1. The lowest BCUT2D eigenvalue weighted by molar-refractivity contribution is -0.134. The molecule has 0 saturated carbocycles. The molecule has 1 aromatic carbocycles. The van der Waals surface area contributed by atoms with Crippen LogP contribution in [0.1, 0.15) is 12.5 Å². The summed E-state index contributed by atoms with van der Waals surface area (Å²) in [5.74, 6) is -0.115. The number of nitrogens with one attached hydrogen (secondary N) is 1. The van der Waals surface area contributed by atoms with Crippen molar-refractivity contribution < 1.29 is 13.9 Å². The van der Waals surface area contributed by atoms with Gasteiger partial charge in [0.2, 0.25) is 5.91 Å². The first-order valence-corrected chi connectivity index (χ1v) is 6.98. The van der Waals surface area contributed by atoms with Gasteiger partial charge in [-0.1, -0.05) is 12.1 Å². The van der Waals surface area contributed by atoms with Crippen molar-refractivity contribution in [1.29, 1.82) is 0 Å². The quantitative estimate of drug-likeness (QED) is 0.881. The van der Waals surface area contributed by atoms with Crippen LogP contribution in [0.3, 0.4) is 0 Å². The van der Waals surface area contributed by atoms with Crippen LogP contribution in [-0.4, -0.2) is 49.7 Å². The Balaban J connectivity index is 1.72. The van der Waals surface area contributed by atoms with Gasteiger partial charge in [0.05, 0.1) is 19.8 Å². The highest BCUT2D eigenvalue weighted by molar-refractivity contribution is 5.78. The Kier molecular flexibility index (Phi) is 5.49. The first kappa shape index (κ1) is 14.9. The number of hydrogen-bond donors (Lipinski definition) is 1. The lowest BCUT2D eigenvalue weighted by Crippen LogP contribution is -2.46. The summed E-state index contributed by atoms with van der Waals surface area (Å²) in [6.45, 7) is 4.95. The van der Waals surface area contributed by atoms with Crippen molar-refractivity contribution in [2.45, 2.75) is 19.4 Å². The highest BCUT2D eigenvalue weighted by Gasteiger charge is 2.17. The van der Waals surface area contributed by atoms with Crippen molar-refractivity contribution in [3.8, 4) is 0 Å². The maximum Gasteiger partial charge on any atom is 0.236 e. The van der Waals surface area contributed by atoms with E-state index in [0.29, 0.717) is 32.8 Å². The first-order valence-electron chi connectivity index (χ1n) is 6.98. The van der Waals surface area contributed by atoms with Crippen molar-refractivity contribution in [1.82, 2.24) is 10.2 Å². The second kappa shape index (κ2) is 7.36. The zero-order valence-electron chi connectivity index (χ0n) is 11.8. The van der Waals surface area contributed by atoms with Gasteiger partial charge in [-0.05, 0) is 31.0 Å². The van der Waals surface area contributed by atoms with Crippen LogP contribution >= 0.6 is 0 Å². The largest absolute Gasteiger partial charge is 0.378 e. The molecule has 1 aromatic rings. The molecule has 1 unspecified atom stereocenters. The summed E-state index contributed by atoms with van der Waals surface area (Å²) in [4.78, 5) is 13.8. The molecular weight excluding hydrogens is 259 g/mol. The smallest absolute Gasteiger partial charge is 0.236 e. The molecule has 0 spiro atoms. The van der Waals surface area contributed by atoms with Crippen LogP contribution in [0.4, 0.5) is 4.39 Å². The van der Waals surface area contributed by atoms with Crippen LogP contribution in [0.25, 0.3) is 0 Å². The fraction of sp³-hybridized carbons (Fsp3) is 0.533. The van der Waals surface area contributed by atoms with Gasteiger partial charge in [0.1, 0.15) is 5.82 Å². The molecular formula is C15H21FN2O2. The third-order valence-electron chi connectivity index (χ3n) is 3.42. The SMILES string of the molecule is CC(Cc1ccc(F)cc1)NCC(=O)N1CCOCC1. The fourth-order valence-electron chi connectivity index (χ4n) is 2.23. The van der Waals surface area contributed by atoms with Gasteiger partial charge in [-0.2, -0.15) is 0 Å². The van der Waals surface area contributed by atoms with Crippen LogP contribution in [0, 0.1) is 5.82 Å². The molecule has 1 N–H and O–H groups in total. The van der Waals surface area contributed by atoms with E-state index in [9.17, 15) is 9.18 Å². The molecule has 1 aliphatic heterocycles. The van der Waals surface area contributed by atoms with Gasteiger partial charge in [-0.25, -0.2) is 4.39 Å². The number of rotatable bonds is 5. The Morgan fingerprint density at radius 2 is 2.00 bits per heavy atom. The zero-order valence-corrected chi connectivity index (χ0v) is 11.8. The van der Waals surface area contributed by atoms with Gasteiger partial charge in [0.25, 0.3) is 0 Å². The number of carbonyl (C=O) groups is 1. The fourth-order valence-corrected chi connectivity index (χ4v) is 2.23. The highest BCUT2D eigenvalue weighted by Crippen LogP contribution is 2.05. The number of halogens is 1. The second-order valence-corrected chi connectivity index (χ2v) is 5.11. The minimum absolute atomic E-state index is 0.110. The van der Waals surface area contributed by atoms with Gasteiger partial charge in [-0.3, -0.25) is 4.79 Å². The molecule has 20 heavy (non-hydrogen) atoms. The molecule has 0 bridgehead atoms. The molecule has 0 aromatic heterocycles. The summed E-state index contributed by atoms with van der Waals surface area (Å²) in [6.07, 6.45) is 0.774.